The summed E-state index contributed by atoms with van der Waals surface area (Å²) >= 11 is 0. The zero-order chi connectivity index (χ0) is 13.5. The fourth-order valence-electron chi connectivity index (χ4n) is 2.10. The lowest BCUT2D eigenvalue weighted by molar-refractivity contribution is -0.140. The molecular formula is C14H28N2O2. The Hall–Kier alpha value is -0.610. The molecule has 0 spiro atoms. The number of nitrogens with one attached hydrogen (secondary N) is 1. The molecule has 1 saturated carbocycles. The first-order chi connectivity index (χ1) is 8.54. The Morgan fingerprint density at radius 3 is 2.50 bits per heavy atom. The molecular weight excluding hydrogens is 228 g/mol. The third-order valence-electron chi connectivity index (χ3n) is 3.51. The maximum atomic E-state index is 11.3. The number of aliphatic carboxylic acids is 1. The summed E-state index contributed by atoms with van der Waals surface area (Å²) < 4.78 is 0. The molecule has 0 bridgehead atoms. The summed E-state index contributed by atoms with van der Waals surface area (Å²) in [5.41, 5.74) is 0. The Morgan fingerprint density at radius 1 is 1.39 bits per heavy atom. The molecule has 106 valence electrons. The number of unbranched alkanes of at least 4 members (excludes halogenated alkanes) is 2. The van der Waals surface area contributed by atoms with Crippen molar-refractivity contribution in [3.63, 3.8) is 0 Å². The molecule has 4 nitrogen and oxygen atoms in total. The molecule has 1 unspecified atom stereocenters. The Kier molecular flexibility index (Phi) is 6.65. The van der Waals surface area contributed by atoms with Gasteiger partial charge in [0.05, 0.1) is 0 Å². The first-order valence-corrected chi connectivity index (χ1v) is 7.27. The lowest BCUT2D eigenvalue weighted by Crippen LogP contribution is -2.49. The molecule has 0 aliphatic heterocycles. The van der Waals surface area contributed by atoms with E-state index >= 15 is 0 Å². The van der Waals surface area contributed by atoms with Gasteiger partial charge in [-0.2, -0.15) is 0 Å². The van der Waals surface area contributed by atoms with Crippen LogP contribution in [0.1, 0.15) is 52.9 Å². The summed E-state index contributed by atoms with van der Waals surface area (Å²) in [4.78, 5) is 13.5. The average molecular weight is 256 g/mol. The summed E-state index contributed by atoms with van der Waals surface area (Å²) in [5.74, 6) is -0.719. The minimum atomic E-state index is -0.719. The molecule has 4 heteroatoms. The van der Waals surface area contributed by atoms with Crippen molar-refractivity contribution in [2.45, 2.75) is 71.0 Å². The highest BCUT2D eigenvalue weighted by atomic mass is 16.4. The first-order valence-electron chi connectivity index (χ1n) is 7.27. The van der Waals surface area contributed by atoms with Gasteiger partial charge in [-0.3, -0.25) is 9.69 Å². The normalized spacial score (nSPS) is 17.4. The van der Waals surface area contributed by atoms with E-state index in [1.54, 1.807) is 0 Å². The lowest BCUT2D eigenvalue weighted by atomic mass is 10.2. The monoisotopic (exact) mass is 256 g/mol. The largest absolute Gasteiger partial charge is 0.480 e. The number of rotatable bonds is 10. The lowest BCUT2D eigenvalue weighted by Gasteiger charge is -2.29. The van der Waals surface area contributed by atoms with Crippen LogP contribution in [-0.4, -0.2) is 47.2 Å². The molecule has 0 saturated heterocycles. The fraction of sp³-hybridized carbons (Fsp3) is 0.929. The minimum Gasteiger partial charge on any atom is -0.480 e. The number of hydrogen-bond donors (Lipinski definition) is 2. The van der Waals surface area contributed by atoms with Gasteiger partial charge in [-0.1, -0.05) is 19.8 Å². The van der Waals surface area contributed by atoms with Crippen LogP contribution < -0.4 is 5.32 Å². The van der Waals surface area contributed by atoms with Gasteiger partial charge in [0, 0.05) is 18.6 Å². The smallest absolute Gasteiger partial charge is 0.322 e. The molecule has 1 aliphatic rings. The van der Waals surface area contributed by atoms with E-state index in [0.717, 1.165) is 25.8 Å². The first kappa shape index (κ1) is 15.4. The number of carboxylic acid groups (broad SMARTS) is 1. The van der Waals surface area contributed by atoms with Crippen molar-refractivity contribution < 1.29 is 9.90 Å². The van der Waals surface area contributed by atoms with Gasteiger partial charge in [0.2, 0.25) is 0 Å². The van der Waals surface area contributed by atoms with Crippen molar-refractivity contribution in [3.05, 3.63) is 0 Å². The van der Waals surface area contributed by atoms with Gasteiger partial charge in [0.15, 0.2) is 0 Å². The number of hydrogen-bond acceptors (Lipinski definition) is 3. The highest BCUT2D eigenvalue weighted by Gasteiger charge is 2.29. The van der Waals surface area contributed by atoms with Crippen molar-refractivity contribution in [3.8, 4) is 0 Å². The van der Waals surface area contributed by atoms with Gasteiger partial charge in [-0.05, 0) is 39.7 Å². The van der Waals surface area contributed by atoms with E-state index in [2.05, 4.69) is 31.0 Å². The Balaban J connectivity index is 2.41. The van der Waals surface area contributed by atoms with Gasteiger partial charge >= 0.3 is 5.97 Å². The van der Waals surface area contributed by atoms with E-state index in [4.69, 9.17) is 0 Å². The molecule has 1 atom stereocenters. The maximum absolute atomic E-state index is 11.3. The zero-order valence-corrected chi connectivity index (χ0v) is 12.0. The van der Waals surface area contributed by atoms with E-state index in [-0.39, 0.29) is 0 Å². The molecule has 1 fully saturated rings. The van der Waals surface area contributed by atoms with Gasteiger partial charge in [-0.25, -0.2) is 0 Å². The summed E-state index contributed by atoms with van der Waals surface area (Å²) in [6.45, 7) is 8.09. The maximum Gasteiger partial charge on any atom is 0.322 e. The number of carbonyl (C=O) groups is 1. The van der Waals surface area contributed by atoms with Crippen LogP contribution >= 0.6 is 0 Å². The predicted octanol–water partition coefficient (Wildman–Crippen LogP) is 2.09. The summed E-state index contributed by atoms with van der Waals surface area (Å²) in [6, 6.07) is 0.432. The van der Waals surface area contributed by atoms with Gasteiger partial charge in [0.25, 0.3) is 0 Å². The number of carboxylic acids is 1. The standard InChI is InChI=1S/C14H28N2O2/c1-4-5-6-9-16(11(2)3)10-13(14(17)18)15-12-7-8-12/h11-13,15H,4-10H2,1-3H3,(H,17,18). The Morgan fingerprint density at radius 2 is 2.06 bits per heavy atom. The number of nitrogens with zero attached hydrogens (tertiary/aromatic N) is 1. The molecule has 0 heterocycles. The van der Waals surface area contributed by atoms with Crippen molar-refractivity contribution in [1.29, 1.82) is 0 Å². The van der Waals surface area contributed by atoms with Crippen molar-refractivity contribution in [2.24, 2.45) is 0 Å². The second-order valence-electron chi connectivity index (χ2n) is 5.63. The van der Waals surface area contributed by atoms with E-state index < -0.39 is 12.0 Å². The average Bonchev–Trinajstić information content (AvgIpc) is 3.10. The van der Waals surface area contributed by atoms with Crippen LogP contribution in [0.15, 0.2) is 0 Å². The Bertz CT molecular complexity index is 252. The summed E-state index contributed by atoms with van der Waals surface area (Å²) in [5, 5.41) is 12.5. The van der Waals surface area contributed by atoms with Crippen molar-refractivity contribution in [2.75, 3.05) is 13.1 Å². The highest BCUT2D eigenvalue weighted by molar-refractivity contribution is 5.73. The van der Waals surface area contributed by atoms with E-state index in [1.165, 1.54) is 12.8 Å². The van der Waals surface area contributed by atoms with Gasteiger partial charge < -0.3 is 10.4 Å². The molecule has 0 aromatic rings. The third-order valence-corrected chi connectivity index (χ3v) is 3.51. The fourth-order valence-corrected chi connectivity index (χ4v) is 2.10. The van der Waals surface area contributed by atoms with Crippen LogP contribution in [0.25, 0.3) is 0 Å². The second-order valence-corrected chi connectivity index (χ2v) is 5.63. The molecule has 1 rings (SSSR count). The minimum absolute atomic E-state index is 0.407. The molecule has 0 amide bonds. The van der Waals surface area contributed by atoms with Crippen molar-refractivity contribution >= 4 is 5.97 Å². The molecule has 0 aromatic carbocycles. The second kappa shape index (κ2) is 7.74. The van der Waals surface area contributed by atoms with Crippen LogP contribution in [0, 0.1) is 0 Å². The van der Waals surface area contributed by atoms with Gasteiger partial charge in [0.1, 0.15) is 6.04 Å². The third kappa shape index (κ3) is 5.83. The SMILES string of the molecule is CCCCCN(CC(NC1CC1)C(=O)O)C(C)C. The summed E-state index contributed by atoms with van der Waals surface area (Å²) in [7, 11) is 0. The van der Waals surface area contributed by atoms with Crippen LogP contribution in [0.4, 0.5) is 0 Å². The van der Waals surface area contributed by atoms with Crippen LogP contribution in [0.5, 0.6) is 0 Å². The van der Waals surface area contributed by atoms with E-state index in [0.29, 0.717) is 18.6 Å². The predicted molar refractivity (Wildman–Crippen MR) is 73.8 cm³/mol. The Labute approximate surface area is 111 Å². The molecule has 1 aliphatic carbocycles. The quantitative estimate of drug-likeness (QED) is 0.588. The van der Waals surface area contributed by atoms with Crippen LogP contribution in [0.3, 0.4) is 0 Å². The van der Waals surface area contributed by atoms with E-state index in [9.17, 15) is 9.90 Å². The zero-order valence-electron chi connectivity index (χ0n) is 12.0. The van der Waals surface area contributed by atoms with Crippen LogP contribution in [0.2, 0.25) is 0 Å². The van der Waals surface area contributed by atoms with E-state index in [1.807, 2.05) is 0 Å². The highest BCUT2D eigenvalue weighted by Crippen LogP contribution is 2.19. The summed E-state index contributed by atoms with van der Waals surface area (Å²) in [6.07, 6.45) is 5.83. The molecule has 18 heavy (non-hydrogen) atoms. The van der Waals surface area contributed by atoms with Crippen LogP contribution in [-0.2, 0) is 4.79 Å². The van der Waals surface area contributed by atoms with Gasteiger partial charge in [-0.15, -0.1) is 0 Å². The van der Waals surface area contributed by atoms with Crippen molar-refractivity contribution in [1.82, 2.24) is 10.2 Å². The molecule has 0 radical (unpaired) electrons. The molecule has 2 N–H and O–H groups in total. The topological polar surface area (TPSA) is 52.6 Å². The molecule has 0 aromatic heterocycles.